The first-order chi connectivity index (χ1) is 8.31. The average molecular weight is 230 g/mol. The van der Waals surface area contributed by atoms with Gasteiger partial charge in [-0.25, -0.2) is 14.3 Å². The lowest BCUT2D eigenvalue weighted by Gasteiger charge is -2.01. The van der Waals surface area contributed by atoms with Crippen LogP contribution in [0.3, 0.4) is 0 Å². The van der Waals surface area contributed by atoms with Gasteiger partial charge in [0.2, 0.25) is 0 Å². The maximum absolute atomic E-state index is 11.8. The van der Waals surface area contributed by atoms with Crippen LogP contribution in [0.2, 0.25) is 0 Å². The molecule has 0 unspecified atom stereocenters. The van der Waals surface area contributed by atoms with Gasteiger partial charge in [-0.05, 0) is 13.0 Å². The maximum atomic E-state index is 11.8. The molecule has 0 amide bonds. The third-order valence-corrected chi connectivity index (χ3v) is 2.54. The van der Waals surface area contributed by atoms with Crippen molar-refractivity contribution in [1.82, 2.24) is 19.0 Å². The minimum atomic E-state index is -0.413. The summed E-state index contributed by atoms with van der Waals surface area (Å²) in [7, 11) is 0. The van der Waals surface area contributed by atoms with Gasteiger partial charge in [-0.15, -0.1) is 0 Å². The number of fused-ring (bicyclic) bond motifs is 3. The lowest BCUT2D eigenvalue weighted by atomic mass is 10.3. The molecular formula is C11H10N4O2. The molecule has 0 bridgehead atoms. The standard InChI is InChI=1S/C11H10N4O2/c1-2-17-11(16)9-10-8-3-4-13-15(8)6-5-14(10)7-12-9/h3-7H,2H2,1H3. The van der Waals surface area contributed by atoms with E-state index in [0.717, 1.165) is 5.52 Å². The van der Waals surface area contributed by atoms with Crippen LogP contribution in [-0.4, -0.2) is 31.6 Å². The van der Waals surface area contributed by atoms with E-state index in [2.05, 4.69) is 10.1 Å². The molecule has 3 heterocycles. The molecule has 0 radical (unpaired) electrons. The third kappa shape index (κ3) is 1.37. The highest BCUT2D eigenvalue weighted by molar-refractivity contribution is 5.99. The fraction of sp³-hybridized carbons (Fsp3) is 0.182. The molecule has 0 spiro atoms. The predicted octanol–water partition coefficient (Wildman–Crippen LogP) is 1.16. The molecule has 0 atom stereocenters. The van der Waals surface area contributed by atoms with Gasteiger partial charge in [-0.2, -0.15) is 5.10 Å². The molecule has 0 aliphatic rings. The van der Waals surface area contributed by atoms with Crippen molar-refractivity contribution in [3.63, 3.8) is 0 Å². The van der Waals surface area contributed by atoms with Crippen LogP contribution in [0.15, 0.2) is 31.0 Å². The number of hydrogen-bond acceptors (Lipinski definition) is 4. The first kappa shape index (κ1) is 9.83. The van der Waals surface area contributed by atoms with E-state index in [4.69, 9.17) is 4.74 Å². The predicted molar refractivity (Wildman–Crippen MR) is 59.9 cm³/mol. The summed E-state index contributed by atoms with van der Waals surface area (Å²) in [4.78, 5) is 15.8. The van der Waals surface area contributed by atoms with Crippen LogP contribution in [0.4, 0.5) is 0 Å². The molecule has 6 nitrogen and oxygen atoms in total. The molecule has 0 saturated heterocycles. The number of hydrogen-bond donors (Lipinski definition) is 0. The molecular weight excluding hydrogens is 220 g/mol. The molecule has 17 heavy (non-hydrogen) atoms. The monoisotopic (exact) mass is 230 g/mol. The van der Waals surface area contributed by atoms with Gasteiger partial charge >= 0.3 is 5.97 Å². The highest BCUT2D eigenvalue weighted by Gasteiger charge is 2.16. The van der Waals surface area contributed by atoms with Crippen LogP contribution < -0.4 is 0 Å². The van der Waals surface area contributed by atoms with E-state index in [1.807, 2.05) is 6.07 Å². The Morgan fingerprint density at radius 2 is 2.35 bits per heavy atom. The van der Waals surface area contributed by atoms with Crippen LogP contribution in [-0.2, 0) is 4.74 Å². The van der Waals surface area contributed by atoms with Gasteiger partial charge in [0.25, 0.3) is 0 Å². The van der Waals surface area contributed by atoms with Crippen LogP contribution >= 0.6 is 0 Å². The number of aromatic nitrogens is 4. The summed E-state index contributed by atoms with van der Waals surface area (Å²) >= 11 is 0. The number of esters is 1. The first-order valence-electron chi connectivity index (χ1n) is 5.27. The molecule has 0 N–H and O–H groups in total. The van der Waals surface area contributed by atoms with Gasteiger partial charge in [0, 0.05) is 12.4 Å². The van der Waals surface area contributed by atoms with Crippen molar-refractivity contribution in [2.24, 2.45) is 0 Å². The lowest BCUT2D eigenvalue weighted by Crippen LogP contribution is -2.06. The van der Waals surface area contributed by atoms with Crippen LogP contribution in [0.25, 0.3) is 11.0 Å². The number of rotatable bonds is 2. The minimum absolute atomic E-state index is 0.318. The van der Waals surface area contributed by atoms with Gasteiger partial charge in [-0.1, -0.05) is 0 Å². The highest BCUT2D eigenvalue weighted by Crippen LogP contribution is 2.16. The Morgan fingerprint density at radius 1 is 1.47 bits per heavy atom. The Balaban J connectivity index is 2.31. The zero-order valence-electron chi connectivity index (χ0n) is 9.20. The first-order valence-corrected chi connectivity index (χ1v) is 5.27. The summed E-state index contributed by atoms with van der Waals surface area (Å²) in [6.07, 6.45) is 6.87. The number of ether oxygens (including phenoxy) is 1. The fourth-order valence-electron chi connectivity index (χ4n) is 1.83. The Morgan fingerprint density at radius 3 is 3.18 bits per heavy atom. The summed E-state index contributed by atoms with van der Waals surface area (Å²) < 4.78 is 8.45. The van der Waals surface area contributed by atoms with Crippen LogP contribution in [0.1, 0.15) is 17.4 Å². The van der Waals surface area contributed by atoms with Gasteiger partial charge in [0.15, 0.2) is 5.69 Å². The van der Waals surface area contributed by atoms with Gasteiger partial charge in [0.1, 0.15) is 11.8 Å². The molecule has 3 rings (SSSR count). The number of imidazole rings is 1. The SMILES string of the molecule is CCOC(=O)c1ncn2ccn3nccc3c12. The van der Waals surface area contributed by atoms with E-state index in [1.165, 1.54) is 0 Å². The van der Waals surface area contributed by atoms with Crippen molar-refractivity contribution >= 4 is 17.0 Å². The Hall–Kier alpha value is -2.37. The molecule has 0 fully saturated rings. The molecule has 0 aliphatic heterocycles. The lowest BCUT2D eigenvalue weighted by molar-refractivity contribution is 0.0522. The second-order valence-corrected chi connectivity index (χ2v) is 3.53. The second-order valence-electron chi connectivity index (χ2n) is 3.53. The topological polar surface area (TPSA) is 60.9 Å². The van der Waals surface area contributed by atoms with Crippen molar-refractivity contribution in [1.29, 1.82) is 0 Å². The highest BCUT2D eigenvalue weighted by atomic mass is 16.5. The van der Waals surface area contributed by atoms with Gasteiger partial charge in [0.05, 0.1) is 18.3 Å². The average Bonchev–Trinajstić information content (AvgIpc) is 2.94. The van der Waals surface area contributed by atoms with E-state index < -0.39 is 5.97 Å². The van der Waals surface area contributed by atoms with Crippen molar-refractivity contribution in [3.8, 4) is 0 Å². The number of carbonyl (C=O) groups is 1. The van der Waals surface area contributed by atoms with E-state index in [0.29, 0.717) is 17.8 Å². The Kier molecular flexibility index (Phi) is 2.07. The third-order valence-electron chi connectivity index (χ3n) is 2.54. The van der Waals surface area contributed by atoms with Crippen molar-refractivity contribution in [3.05, 3.63) is 36.7 Å². The zero-order chi connectivity index (χ0) is 11.8. The summed E-state index contributed by atoms with van der Waals surface area (Å²) in [6.45, 7) is 2.10. The molecule has 3 aromatic heterocycles. The largest absolute Gasteiger partial charge is 0.461 e. The maximum Gasteiger partial charge on any atom is 0.359 e. The second kappa shape index (κ2) is 3.58. The van der Waals surface area contributed by atoms with Crippen molar-refractivity contribution in [2.75, 3.05) is 6.61 Å². The normalized spacial score (nSPS) is 11.1. The van der Waals surface area contributed by atoms with Crippen LogP contribution in [0, 0.1) is 0 Å². The van der Waals surface area contributed by atoms with E-state index in [9.17, 15) is 4.79 Å². The van der Waals surface area contributed by atoms with E-state index >= 15 is 0 Å². The zero-order valence-corrected chi connectivity index (χ0v) is 9.20. The molecule has 0 aromatic carbocycles. The molecule has 86 valence electrons. The summed E-state index contributed by atoms with van der Waals surface area (Å²) in [5.41, 5.74) is 1.86. The Labute approximate surface area is 96.4 Å². The molecule has 0 aliphatic carbocycles. The molecule has 3 aromatic rings. The van der Waals surface area contributed by atoms with E-state index in [1.54, 1.807) is 40.8 Å². The number of carbonyl (C=O) groups excluding carboxylic acids is 1. The quantitative estimate of drug-likeness (QED) is 0.620. The summed E-state index contributed by atoms with van der Waals surface area (Å²) in [6, 6.07) is 1.83. The van der Waals surface area contributed by atoms with Crippen molar-refractivity contribution in [2.45, 2.75) is 6.92 Å². The van der Waals surface area contributed by atoms with Crippen molar-refractivity contribution < 1.29 is 9.53 Å². The van der Waals surface area contributed by atoms with Gasteiger partial charge in [-0.3, -0.25) is 0 Å². The molecule has 6 heteroatoms. The fourth-order valence-corrected chi connectivity index (χ4v) is 1.83. The number of nitrogens with zero attached hydrogens (tertiary/aromatic N) is 4. The smallest absolute Gasteiger partial charge is 0.359 e. The summed E-state index contributed by atoms with van der Waals surface area (Å²) in [5.74, 6) is -0.413. The van der Waals surface area contributed by atoms with E-state index in [-0.39, 0.29) is 0 Å². The van der Waals surface area contributed by atoms with Gasteiger partial charge < -0.3 is 9.14 Å². The van der Waals surface area contributed by atoms with Crippen LogP contribution in [0.5, 0.6) is 0 Å². The summed E-state index contributed by atoms with van der Waals surface area (Å²) in [5, 5.41) is 4.12. The Bertz CT molecular complexity index is 698. The molecule has 0 saturated carbocycles. The minimum Gasteiger partial charge on any atom is -0.461 e.